The van der Waals surface area contributed by atoms with Crippen molar-refractivity contribution in [3.05, 3.63) is 64.4 Å². The summed E-state index contributed by atoms with van der Waals surface area (Å²) in [6, 6.07) is 11.9. The number of hydrogen-bond donors (Lipinski definition) is 1. The first-order valence-electron chi connectivity index (χ1n) is 6.55. The number of carbonyl (C=O) groups is 1. The number of rotatable bonds is 4. The molecule has 4 nitrogen and oxygen atoms in total. The highest BCUT2D eigenvalue weighted by Gasteiger charge is 2.10. The molecule has 0 heterocycles. The van der Waals surface area contributed by atoms with Gasteiger partial charge in [0.05, 0.1) is 7.11 Å². The highest BCUT2D eigenvalue weighted by Crippen LogP contribution is 2.22. The molecule has 23 heavy (non-hydrogen) atoms. The Morgan fingerprint density at radius 2 is 2.00 bits per heavy atom. The molecule has 0 bridgehead atoms. The van der Waals surface area contributed by atoms with Gasteiger partial charge in [0, 0.05) is 10.7 Å². The Morgan fingerprint density at radius 3 is 2.61 bits per heavy atom. The molecule has 0 aromatic heterocycles. The van der Waals surface area contributed by atoms with Gasteiger partial charge in [0.1, 0.15) is 23.2 Å². The van der Waals surface area contributed by atoms with E-state index in [2.05, 4.69) is 5.32 Å². The Labute approximate surface area is 137 Å². The number of halogens is 2. The van der Waals surface area contributed by atoms with Gasteiger partial charge in [-0.15, -0.1) is 0 Å². The Kier molecular flexibility index (Phi) is 5.34. The first kappa shape index (κ1) is 16.5. The molecule has 0 saturated carbocycles. The normalized spacial score (nSPS) is 10.8. The monoisotopic (exact) mass is 330 g/mol. The van der Waals surface area contributed by atoms with Crippen LogP contribution in [0, 0.1) is 17.1 Å². The average Bonchev–Trinajstić information content (AvgIpc) is 2.54. The van der Waals surface area contributed by atoms with Gasteiger partial charge in [-0.1, -0.05) is 11.6 Å². The SMILES string of the molecule is COc1cc(Cl)cc(/C=C(\C#N)C(=O)Nc2ccc(F)cc2)c1. The van der Waals surface area contributed by atoms with E-state index < -0.39 is 11.7 Å². The fourth-order valence-electron chi connectivity index (χ4n) is 1.83. The van der Waals surface area contributed by atoms with Gasteiger partial charge < -0.3 is 10.1 Å². The molecule has 2 aromatic carbocycles. The summed E-state index contributed by atoms with van der Waals surface area (Å²) < 4.78 is 17.9. The molecule has 116 valence electrons. The zero-order valence-corrected chi connectivity index (χ0v) is 12.9. The van der Waals surface area contributed by atoms with E-state index in [0.29, 0.717) is 22.0 Å². The lowest BCUT2D eigenvalue weighted by Crippen LogP contribution is -2.13. The highest BCUT2D eigenvalue weighted by atomic mass is 35.5. The van der Waals surface area contributed by atoms with Crippen LogP contribution in [0.25, 0.3) is 6.08 Å². The minimum Gasteiger partial charge on any atom is -0.497 e. The molecule has 0 aliphatic carbocycles. The molecular formula is C17H12ClFN2O2. The van der Waals surface area contributed by atoms with Crippen molar-refractivity contribution in [2.75, 3.05) is 12.4 Å². The van der Waals surface area contributed by atoms with Crippen molar-refractivity contribution in [3.63, 3.8) is 0 Å². The van der Waals surface area contributed by atoms with Gasteiger partial charge >= 0.3 is 0 Å². The average molecular weight is 331 g/mol. The maximum absolute atomic E-state index is 12.8. The Hall–Kier alpha value is -2.84. The number of methoxy groups -OCH3 is 1. The minimum atomic E-state index is -0.599. The van der Waals surface area contributed by atoms with Crippen LogP contribution in [0.2, 0.25) is 5.02 Å². The summed E-state index contributed by atoms with van der Waals surface area (Å²) in [6.45, 7) is 0. The molecule has 0 atom stereocenters. The smallest absolute Gasteiger partial charge is 0.266 e. The van der Waals surface area contributed by atoms with Gasteiger partial charge in [-0.3, -0.25) is 4.79 Å². The second-order valence-corrected chi connectivity index (χ2v) is 4.99. The van der Waals surface area contributed by atoms with Crippen molar-refractivity contribution in [3.8, 4) is 11.8 Å². The van der Waals surface area contributed by atoms with Crippen LogP contribution in [-0.4, -0.2) is 13.0 Å². The summed E-state index contributed by atoms with van der Waals surface area (Å²) in [5.74, 6) is -0.497. The van der Waals surface area contributed by atoms with E-state index in [1.807, 2.05) is 6.07 Å². The van der Waals surface area contributed by atoms with Crippen molar-refractivity contribution in [1.82, 2.24) is 0 Å². The largest absolute Gasteiger partial charge is 0.497 e. The third-order valence-corrected chi connectivity index (χ3v) is 3.13. The van der Waals surface area contributed by atoms with Crippen LogP contribution in [0.3, 0.4) is 0 Å². The zero-order chi connectivity index (χ0) is 16.8. The number of benzene rings is 2. The van der Waals surface area contributed by atoms with E-state index in [4.69, 9.17) is 16.3 Å². The number of carbonyl (C=O) groups excluding carboxylic acids is 1. The molecular weight excluding hydrogens is 319 g/mol. The lowest BCUT2D eigenvalue weighted by atomic mass is 10.1. The quantitative estimate of drug-likeness (QED) is 0.680. The van der Waals surface area contributed by atoms with Gasteiger partial charge in [-0.05, 0) is 54.1 Å². The van der Waals surface area contributed by atoms with Gasteiger partial charge in [0.15, 0.2) is 0 Å². The zero-order valence-electron chi connectivity index (χ0n) is 12.1. The van der Waals surface area contributed by atoms with Gasteiger partial charge in [0.2, 0.25) is 0 Å². The van der Waals surface area contributed by atoms with Crippen LogP contribution >= 0.6 is 11.6 Å². The van der Waals surface area contributed by atoms with Crippen LogP contribution in [-0.2, 0) is 4.79 Å². The van der Waals surface area contributed by atoms with Crippen LogP contribution in [0.1, 0.15) is 5.56 Å². The molecule has 1 N–H and O–H groups in total. The molecule has 0 saturated heterocycles. The van der Waals surface area contributed by atoms with Crippen molar-refractivity contribution in [2.24, 2.45) is 0 Å². The third kappa shape index (κ3) is 4.56. The topological polar surface area (TPSA) is 62.1 Å². The number of hydrogen-bond acceptors (Lipinski definition) is 3. The fraction of sp³-hybridized carbons (Fsp3) is 0.0588. The summed E-state index contributed by atoms with van der Waals surface area (Å²) >= 11 is 5.95. The Morgan fingerprint density at radius 1 is 1.30 bits per heavy atom. The highest BCUT2D eigenvalue weighted by molar-refractivity contribution is 6.30. The lowest BCUT2D eigenvalue weighted by molar-refractivity contribution is -0.112. The number of nitrogens with one attached hydrogen (secondary N) is 1. The van der Waals surface area contributed by atoms with Crippen LogP contribution < -0.4 is 10.1 Å². The maximum Gasteiger partial charge on any atom is 0.266 e. The number of ether oxygens (including phenoxy) is 1. The third-order valence-electron chi connectivity index (χ3n) is 2.91. The molecule has 2 rings (SSSR count). The van der Waals surface area contributed by atoms with E-state index in [0.717, 1.165) is 0 Å². The fourth-order valence-corrected chi connectivity index (χ4v) is 2.07. The number of nitrogens with zero attached hydrogens (tertiary/aromatic N) is 1. The van der Waals surface area contributed by atoms with E-state index in [9.17, 15) is 14.4 Å². The van der Waals surface area contributed by atoms with Gasteiger partial charge in [-0.2, -0.15) is 5.26 Å². The lowest BCUT2D eigenvalue weighted by Gasteiger charge is -2.05. The maximum atomic E-state index is 12.8. The van der Waals surface area contributed by atoms with Gasteiger partial charge in [0.25, 0.3) is 5.91 Å². The molecule has 0 aliphatic rings. The molecule has 0 spiro atoms. The Bertz CT molecular complexity index is 795. The summed E-state index contributed by atoms with van der Waals surface area (Å²) in [6.07, 6.45) is 1.40. The summed E-state index contributed by atoms with van der Waals surface area (Å²) in [5.41, 5.74) is 0.833. The van der Waals surface area contributed by atoms with E-state index in [1.54, 1.807) is 18.2 Å². The number of nitriles is 1. The first-order valence-corrected chi connectivity index (χ1v) is 6.93. The predicted molar refractivity (Wildman–Crippen MR) is 86.6 cm³/mol. The van der Waals surface area contributed by atoms with E-state index >= 15 is 0 Å². The van der Waals surface area contributed by atoms with Crippen LogP contribution in [0.4, 0.5) is 10.1 Å². The summed E-state index contributed by atoms with van der Waals surface area (Å²) in [4.78, 5) is 12.1. The second kappa shape index (κ2) is 7.43. The van der Waals surface area contributed by atoms with Crippen LogP contribution in [0.5, 0.6) is 5.75 Å². The standard InChI is InChI=1S/C17H12ClFN2O2/c1-23-16-8-11(7-13(18)9-16)6-12(10-20)17(22)21-15-4-2-14(19)3-5-15/h2-9H,1H3,(H,21,22)/b12-6+. The van der Waals surface area contributed by atoms with E-state index in [-0.39, 0.29) is 5.57 Å². The molecule has 0 aliphatic heterocycles. The second-order valence-electron chi connectivity index (χ2n) is 4.56. The summed E-state index contributed by atoms with van der Waals surface area (Å²) in [7, 11) is 1.49. The first-order chi connectivity index (χ1) is 11.0. The van der Waals surface area contributed by atoms with Gasteiger partial charge in [-0.25, -0.2) is 4.39 Å². The number of anilines is 1. The molecule has 2 aromatic rings. The van der Waals surface area contributed by atoms with Crippen molar-refractivity contribution >= 4 is 29.3 Å². The predicted octanol–water partition coefficient (Wildman–Crippen LogP) is 4.03. The molecule has 0 radical (unpaired) electrons. The van der Waals surface area contributed by atoms with Crippen molar-refractivity contribution in [1.29, 1.82) is 5.26 Å². The number of amides is 1. The molecule has 1 amide bonds. The minimum absolute atomic E-state index is 0.112. The van der Waals surface area contributed by atoms with Crippen molar-refractivity contribution in [2.45, 2.75) is 0 Å². The van der Waals surface area contributed by atoms with E-state index in [1.165, 1.54) is 37.5 Å². The molecule has 0 fully saturated rings. The molecule has 0 unspecified atom stereocenters. The van der Waals surface area contributed by atoms with Crippen molar-refractivity contribution < 1.29 is 13.9 Å². The molecule has 6 heteroatoms. The summed E-state index contributed by atoms with van der Waals surface area (Å²) in [5, 5.41) is 12.1. The Balaban J connectivity index is 2.24. The van der Waals surface area contributed by atoms with Crippen LogP contribution in [0.15, 0.2) is 48.0 Å².